The molecule has 4 rings (SSSR count). The number of rotatable bonds is 4. The second-order valence-electron chi connectivity index (χ2n) is 6.54. The number of thiophene rings is 1. The molecule has 0 N–H and O–H groups in total. The van der Waals surface area contributed by atoms with Gasteiger partial charge in [-0.3, -0.25) is 4.90 Å². The summed E-state index contributed by atoms with van der Waals surface area (Å²) in [4.78, 5) is 3.72. The Morgan fingerprint density at radius 1 is 1.25 bits per heavy atom. The van der Waals surface area contributed by atoms with Crippen LogP contribution in [0.25, 0.3) is 10.6 Å². The van der Waals surface area contributed by atoms with Crippen LogP contribution in [0.1, 0.15) is 43.1 Å². The summed E-state index contributed by atoms with van der Waals surface area (Å²) < 4.78 is 7.85. The summed E-state index contributed by atoms with van der Waals surface area (Å²) in [6.07, 6.45) is 7.09. The summed E-state index contributed by atoms with van der Waals surface area (Å²) in [5, 5.41) is 6.50. The van der Waals surface area contributed by atoms with Gasteiger partial charge in [0.1, 0.15) is 5.69 Å². The monoisotopic (exact) mass is 341 g/mol. The fourth-order valence-electron chi connectivity index (χ4n) is 3.54. The van der Waals surface area contributed by atoms with E-state index in [1.807, 2.05) is 0 Å². The van der Waals surface area contributed by atoms with E-state index in [0.29, 0.717) is 6.04 Å². The van der Waals surface area contributed by atoms with Gasteiger partial charge in [0.25, 0.3) is 0 Å². The standard InChI is InChI=1S/C19H23N3OS/c1-21-10-5-7-15(21)14-22-11-4-2-3-8-17(22)16-13-18(23-20-16)19-9-6-12-24-19/h5-7,9-10,12-13,17H,2-4,8,11,14H2,1H3/t17-/m0/s1. The minimum atomic E-state index is 0.347. The molecule has 1 fully saturated rings. The third kappa shape index (κ3) is 3.19. The molecule has 3 aromatic rings. The zero-order chi connectivity index (χ0) is 16.4. The number of hydrogen-bond donors (Lipinski definition) is 0. The zero-order valence-corrected chi connectivity index (χ0v) is 14.8. The highest BCUT2D eigenvalue weighted by molar-refractivity contribution is 7.13. The Labute approximate surface area is 146 Å². The summed E-state index contributed by atoms with van der Waals surface area (Å²) in [5.74, 6) is 0.892. The molecule has 24 heavy (non-hydrogen) atoms. The molecule has 1 atom stereocenters. The fraction of sp³-hybridized carbons (Fsp3) is 0.421. The number of likely N-dealkylation sites (tertiary alicyclic amines) is 1. The smallest absolute Gasteiger partial charge is 0.177 e. The maximum Gasteiger partial charge on any atom is 0.177 e. The molecule has 0 aliphatic carbocycles. The highest BCUT2D eigenvalue weighted by atomic mass is 32.1. The molecule has 5 heteroatoms. The largest absolute Gasteiger partial charge is 0.355 e. The Hall–Kier alpha value is -1.85. The second-order valence-corrected chi connectivity index (χ2v) is 7.49. The van der Waals surface area contributed by atoms with Crippen LogP contribution in [0.4, 0.5) is 0 Å². The Morgan fingerprint density at radius 2 is 2.21 bits per heavy atom. The van der Waals surface area contributed by atoms with E-state index < -0.39 is 0 Å². The Bertz CT molecular complexity index is 774. The van der Waals surface area contributed by atoms with Crippen LogP contribution in [0.15, 0.2) is 46.4 Å². The van der Waals surface area contributed by atoms with Gasteiger partial charge in [-0.2, -0.15) is 0 Å². The predicted molar refractivity (Wildman–Crippen MR) is 96.8 cm³/mol. The Balaban J connectivity index is 1.59. The summed E-state index contributed by atoms with van der Waals surface area (Å²) in [5.41, 5.74) is 2.43. The van der Waals surface area contributed by atoms with Crippen LogP contribution in [0.3, 0.4) is 0 Å². The van der Waals surface area contributed by atoms with Crippen molar-refractivity contribution in [2.24, 2.45) is 7.05 Å². The normalized spacial score (nSPS) is 19.5. The van der Waals surface area contributed by atoms with Crippen LogP contribution in [-0.2, 0) is 13.6 Å². The molecule has 1 aliphatic heterocycles. The van der Waals surface area contributed by atoms with Gasteiger partial charge < -0.3 is 9.09 Å². The molecule has 126 valence electrons. The number of aromatic nitrogens is 2. The van der Waals surface area contributed by atoms with Gasteiger partial charge in [0.15, 0.2) is 5.76 Å². The quantitative estimate of drug-likeness (QED) is 0.680. The van der Waals surface area contributed by atoms with Gasteiger partial charge in [-0.1, -0.05) is 24.1 Å². The second kappa shape index (κ2) is 6.95. The lowest BCUT2D eigenvalue weighted by atomic mass is 10.1. The van der Waals surface area contributed by atoms with Crippen LogP contribution in [0.5, 0.6) is 0 Å². The minimum absolute atomic E-state index is 0.347. The van der Waals surface area contributed by atoms with E-state index in [9.17, 15) is 0 Å². The number of aryl methyl sites for hydroxylation is 1. The van der Waals surface area contributed by atoms with Crippen LogP contribution in [0.2, 0.25) is 0 Å². The number of nitrogens with zero attached hydrogens (tertiary/aromatic N) is 3. The first-order valence-corrected chi connectivity index (χ1v) is 9.54. The molecule has 0 radical (unpaired) electrons. The van der Waals surface area contributed by atoms with Crippen molar-refractivity contribution >= 4 is 11.3 Å². The van der Waals surface area contributed by atoms with E-state index in [1.165, 1.54) is 25.0 Å². The van der Waals surface area contributed by atoms with Gasteiger partial charge in [0.05, 0.1) is 10.9 Å². The third-order valence-electron chi connectivity index (χ3n) is 4.91. The summed E-state index contributed by atoms with van der Waals surface area (Å²) in [6, 6.07) is 11.0. The number of hydrogen-bond acceptors (Lipinski definition) is 4. The molecule has 0 spiro atoms. The Morgan fingerprint density at radius 3 is 3.00 bits per heavy atom. The van der Waals surface area contributed by atoms with Gasteiger partial charge in [-0.15, -0.1) is 11.3 Å². The van der Waals surface area contributed by atoms with Crippen molar-refractivity contribution in [3.05, 3.63) is 53.3 Å². The minimum Gasteiger partial charge on any atom is -0.355 e. The van der Waals surface area contributed by atoms with E-state index in [-0.39, 0.29) is 0 Å². The van der Waals surface area contributed by atoms with Crippen molar-refractivity contribution in [2.75, 3.05) is 6.54 Å². The van der Waals surface area contributed by atoms with Crippen LogP contribution >= 0.6 is 11.3 Å². The van der Waals surface area contributed by atoms with E-state index in [4.69, 9.17) is 4.52 Å². The van der Waals surface area contributed by atoms with Crippen molar-refractivity contribution in [3.8, 4) is 10.6 Å². The first kappa shape index (κ1) is 15.7. The van der Waals surface area contributed by atoms with Crippen molar-refractivity contribution in [1.29, 1.82) is 0 Å². The predicted octanol–water partition coefficient (Wildman–Crippen LogP) is 4.86. The molecule has 0 bridgehead atoms. The highest BCUT2D eigenvalue weighted by Gasteiger charge is 2.26. The highest BCUT2D eigenvalue weighted by Crippen LogP contribution is 2.34. The summed E-state index contributed by atoms with van der Waals surface area (Å²) >= 11 is 1.70. The maximum absolute atomic E-state index is 5.64. The molecular weight excluding hydrogens is 318 g/mol. The van der Waals surface area contributed by atoms with Gasteiger partial charge >= 0.3 is 0 Å². The molecule has 0 saturated carbocycles. The van der Waals surface area contributed by atoms with Crippen molar-refractivity contribution in [2.45, 2.75) is 38.3 Å². The SMILES string of the molecule is Cn1cccc1CN1CCCCC[C@H]1c1cc(-c2cccs2)on1. The van der Waals surface area contributed by atoms with Crippen LogP contribution in [-0.4, -0.2) is 21.2 Å². The zero-order valence-electron chi connectivity index (χ0n) is 14.0. The van der Waals surface area contributed by atoms with E-state index >= 15 is 0 Å². The summed E-state index contributed by atoms with van der Waals surface area (Å²) in [7, 11) is 2.12. The molecule has 4 nitrogen and oxygen atoms in total. The van der Waals surface area contributed by atoms with Crippen LogP contribution in [0, 0.1) is 0 Å². The lowest BCUT2D eigenvalue weighted by Gasteiger charge is -2.28. The molecule has 0 amide bonds. The van der Waals surface area contributed by atoms with Gasteiger partial charge in [-0.25, -0.2) is 0 Å². The first-order valence-electron chi connectivity index (χ1n) is 8.66. The van der Waals surface area contributed by atoms with Gasteiger partial charge in [0.2, 0.25) is 0 Å². The lowest BCUT2D eigenvalue weighted by Crippen LogP contribution is -2.29. The van der Waals surface area contributed by atoms with Crippen molar-refractivity contribution in [3.63, 3.8) is 0 Å². The molecule has 1 saturated heterocycles. The van der Waals surface area contributed by atoms with Crippen molar-refractivity contribution in [1.82, 2.24) is 14.6 Å². The van der Waals surface area contributed by atoms with E-state index in [2.05, 4.69) is 63.6 Å². The molecule has 3 aromatic heterocycles. The molecule has 0 unspecified atom stereocenters. The molecule has 4 heterocycles. The molecule has 0 aromatic carbocycles. The van der Waals surface area contributed by atoms with Crippen molar-refractivity contribution < 1.29 is 4.52 Å². The average Bonchev–Trinajstić information content (AvgIpc) is 3.30. The third-order valence-corrected chi connectivity index (χ3v) is 5.80. The van der Waals surface area contributed by atoms with Gasteiger partial charge in [-0.05, 0) is 43.0 Å². The fourth-order valence-corrected chi connectivity index (χ4v) is 4.21. The lowest BCUT2D eigenvalue weighted by molar-refractivity contribution is 0.180. The topological polar surface area (TPSA) is 34.2 Å². The summed E-state index contributed by atoms with van der Waals surface area (Å²) in [6.45, 7) is 2.09. The van der Waals surface area contributed by atoms with E-state index in [0.717, 1.165) is 35.8 Å². The maximum atomic E-state index is 5.64. The Kier molecular flexibility index (Phi) is 4.54. The first-order chi connectivity index (χ1) is 11.8. The van der Waals surface area contributed by atoms with Gasteiger partial charge in [0, 0.05) is 31.5 Å². The molecule has 1 aliphatic rings. The van der Waals surface area contributed by atoms with Crippen LogP contribution < -0.4 is 0 Å². The molecular formula is C19H23N3OS. The average molecular weight is 341 g/mol. The van der Waals surface area contributed by atoms with E-state index in [1.54, 1.807) is 11.3 Å².